The first kappa shape index (κ1) is 21.9. The first-order valence-electron chi connectivity index (χ1n) is 10.8. The van der Waals surface area contributed by atoms with Crippen LogP contribution in [-0.4, -0.2) is 16.0 Å². The summed E-state index contributed by atoms with van der Waals surface area (Å²) in [5.41, 5.74) is 3.30. The number of aromatic nitrogens is 1. The average molecular weight is 513 g/mol. The Balaban J connectivity index is 1.32. The lowest BCUT2D eigenvalue weighted by Crippen LogP contribution is -2.26. The molecule has 1 heterocycles. The maximum atomic E-state index is 12.8. The zero-order valence-corrected chi connectivity index (χ0v) is 19.9. The molecule has 0 aliphatic carbocycles. The molecule has 0 unspecified atom stereocenters. The van der Waals surface area contributed by atoms with E-state index in [9.17, 15) is 9.90 Å². The van der Waals surface area contributed by atoms with E-state index < -0.39 is 0 Å². The van der Waals surface area contributed by atoms with Gasteiger partial charge in [-0.1, -0.05) is 58.4 Å². The van der Waals surface area contributed by atoms with Crippen LogP contribution in [0.15, 0.2) is 99.6 Å². The van der Waals surface area contributed by atoms with Crippen LogP contribution in [-0.2, 0) is 0 Å². The van der Waals surface area contributed by atoms with Gasteiger partial charge in [0.05, 0.1) is 17.2 Å². The van der Waals surface area contributed by atoms with E-state index in [-0.39, 0.29) is 17.8 Å². The number of aromatic hydroxyl groups is 1. The maximum Gasteiger partial charge on any atom is 0.251 e. The fraction of sp³-hybridized carbons (Fsp3) is 0.0741. The van der Waals surface area contributed by atoms with Crippen LogP contribution >= 0.6 is 15.9 Å². The number of halogens is 1. The van der Waals surface area contributed by atoms with E-state index in [4.69, 9.17) is 0 Å². The molecule has 5 aromatic rings. The van der Waals surface area contributed by atoms with Gasteiger partial charge in [0.15, 0.2) is 5.69 Å². The molecule has 0 saturated heterocycles. The molecule has 0 saturated carbocycles. The molecular formula is C27H21BrN4O2. The Morgan fingerprint density at radius 2 is 1.71 bits per heavy atom. The van der Waals surface area contributed by atoms with Crippen molar-refractivity contribution < 1.29 is 9.90 Å². The molecule has 0 fully saturated rings. The van der Waals surface area contributed by atoms with Crippen molar-refractivity contribution in [3.8, 4) is 5.88 Å². The number of hydrogen-bond donors (Lipinski definition) is 3. The zero-order valence-electron chi connectivity index (χ0n) is 18.3. The Bertz CT molecular complexity index is 1530. The lowest BCUT2D eigenvalue weighted by molar-refractivity contribution is 0.0940. The average Bonchev–Trinajstić information content (AvgIpc) is 3.16. The number of nitrogens with zero attached hydrogens (tertiary/aromatic N) is 2. The molecule has 4 aromatic carbocycles. The minimum absolute atomic E-state index is 0.0460. The van der Waals surface area contributed by atoms with Crippen molar-refractivity contribution in [3.63, 3.8) is 0 Å². The van der Waals surface area contributed by atoms with Crippen molar-refractivity contribution in [2.75, 3.05) is 0 Å². The molecule has 5 rings (SSSR count). The monoisotopic (exact) mass is 512 g/mol. The van der Waals surface area contributed by atoms with Gasteiger partial charge in [0.1, 0.15) is 0 Å². The summed E-state index contributed by atoms with van der Waals surface area (Å²) in [4.78, 5) is 15.7. The van der Waals surface area contributed by atoms with E-state index in [0.29, 0.717) is 16.9 Å². The summed E-state index contributed by atoms with van der Waals surface area (Å²) in [5.74, 6) is -0.210. The quantitative estimate of drug-likeness (QED) is 0.210. The zero-order chi connectivity index (χ0) is 23.7. The molecule has 1 amide bonds. The normalized spacial score (nSPS) is 12.4. The number of rotatable bonds is 5. The van der Waals surface area contributed by atoms with E-state index in [0.717, 1.165) is 31.7 Å². The molecule has 168 valence electrons. The fourth-order valence-corrected chi connectivity index (χ4v) is 4.37. The number of H-pyrrole nitrogens is 1. The number of fused-ring (bicyclic) bond motifs is 2. The minimum atomic E-state index is -0.164. The van der Waals surface area contributed by atoms with Crippen molar-refractivity contribution in [1.29, 1.82) is 0 Å². The third-order valence-electron chi connectivity index (χ3n) is 5.75. The van der Waals surface area contributed by atoms with E-state index in [1.54, 1.807) is 24.3 Å². The highest BCUT2D eigenvalue weighted by atomic mass is 79.9. The smallest absolute Gasteiger partial charge is 0.251 e. The molecule has 3 N–H and O–H groups in total. The Kier molecular flexibility index (Phi) is 5.86. The standard InChI is InChI=1S/C27H21BrN4O2/c1-16(21-8-4-6-17-5-2-3-7-22(17)21)29-26(33)18-9-12-20(13-10-18)31-32-25-23-15-19(28)11-14-24(23)30-27(25)34/h2-16,30,34H,1H3,(H,29,33)/t16-/m0/s1. The van der Waals surface area contributed by atoms with E-state index >= 15 is 0 Å². The highest BCUT2D eigenvalue weighted by Crippen LogP contribution is 2.37. The minimum Gasteiger partial charge on any atom is -0.493 e. The van der Waals surface area contributed by atoms with E-state index in [1.807, 2.05) is 49.4 Å². The van der Waals surface area contributed by atoms with Gasteiger partial charge in [-0.05, 0) is 65.7 Å². The SMILES string of the molecule is C[C@H](NC(=O)c1ccc(N=Nc2c(O)[nH]c3ccc(Br)cc23)cc1)c1cccc2ccccc12. The number of aromatic amines is 1. The summed E-state index contributed by atoms with van der Waals surface area (Å²) in [5, 5.41) is 24.7. The molecule has 1 atom stereocenters. The van der Waals surface area contributed by atoms with Gasteiger partial charge in [0.25, 0.3) is 5.91 Å². The van der Waals surface area contributed by atoms with Crippen LogP contribution in [0.1, 0.15) is 28.9 Å². The molecule has 0 radical (unpaired) electrons. The number of hydrogen-bond acceptors (Lipinski definition) is 4. The summed E-state index contributed by atoms with van der Waals surface area (Å²) in [6, 6.07) is 26.6. The second kappa shape index (κ2) is 9.11. The Morgan fingerprint density at radius 3 is 2.53 bits per heavy atom. The van der Waals surface area contributed by atoms with Crippen molar-refractivity contribution in [2.45, 2.75) is 13.0 Å². The van der Waals surface area contributed by atoms with Crippen molar-refractivity contribution in [1.82, 2.24) is 10.3 Å². The molecule has 0 spiro atoms. The Morgan fingerprint density at radius 1 is 0.941 bits per heavy atom. The summed E-state index contributed by atoms with van der Waals surface area (Å²) < 4.78 is 0.878. The van der Waals surface area contributed by atoms with Crippen molar-refractivity contribution in [3.05, 3.63) is 101 Å². The van der Waals surface area contributed by atoms with Gasteiger partial charge in [-0.2, -0.15) is 5.11 Å². The lowest BCUT2D eigenvalue weighted by atomic mass is 9.99. The number of nitrogens with one attached hydrogen (secondary N) is 2. The van der Waals surface area contributed by atoms with Crippen LogP contribution in [0.25, 0.3) is 21.7 Å². The molecule has 34 heavy (non-hydrogen) atoms. The van der Waals surface area contributed by atoms with Gasteiger partial charge in [-0.15, -0.1) is 5.11 Å². The first-order chi connectivity index (χ1) is 16.5. The van der Waals surface area contributed by atoms with Crippen molar-refractivity contribution >= 4 is 54.9 Å². The van der Waals surface area contributed by atoms with Crippen molar-refractivity contribution in [2.24, 2.45) is 10.2 Å². The number of amides is 1. The molecule has 0 bridgehead atoms. The molecule has 6 nitrogen and oxygen atoms in total. The predicted octanol–water partition coefficient (Wildman–Crippen LogP) is 7.70. The van der Waals surface area contributed by atoms with Gasteiger partial charge in [-0.3, -0.25) is 4.79 Å². The highest BCUT2D eigenvalue weighted by Gasteiger charge is 2.14. The number of benzene rings is 4. The molecule has 0 aliphatic rings. The van der Waals surface area contributed by atoms with Gasteiger partial charge in [0.2, 0.25) is 5.88 Å². The van der Waals surface area contributed by atoms with Gasteiger partial charge in [-0.25, -0.2) is 0 Å². The second-order valence-corrected chi connectivity index (χ2v) is 8.94. The highest BCUT2D eigenvalue weighted by molar-refractivity contribution is 9.10. The largest absolute Gasteiger partial charge is 0.493 e. The number of carbonyl (C=O) groups is 1. The van der Waals surface area contributed by atoms with Crippen LogP contribution in [0.5, 0.6) is 5.88 Å². The van der Waals surface area contributed by atoms with Gasteiger partial charge in [0, 0.05) is 15.4 Å². The van der Waals surface area contributed by atoms with E-state index in [1.165, 1.54) is 0 Å². The Hall–Kier alpha value is -3.97. The first-order valence-corrected chi connectivity index (χ1v) is 11.6. The van der Waals surface area contributed by atoms with Crippen LogP contribution in [0.2, 0.25) is 0 Å². The molecule has 0 aliphatic heterocycles. The van der Waals surface area contributed by atoms with Crippen LogP contribution < -0.4 is 5.32 Å². The lowest BCUT2D eigenvalue weighted by Gasteiger charge is -2.16. The summed E-state index contributed by atoms with van der Waals surface area (Å²) >= 11 is 3.43. The van der Waals surface area contributed by atoms with Crippen LogP contribution in [0.3, 0.4) is 0 Å². The maximum absolute atomic E-state index is 12.8. The summed E-state index contributed by atoms with van der Waals surface area (Å²) in [6.45, 7) is 1.98. The second-order valence-electron chi connectivity index (χ2n) is 8.02. The topological polar surface area (TPSA) is 89.8 Å². The summed E-state index contributed by atoms with van der Waals surface area (Å²) in [7, 11) is 0. The third-order valence-corrected chi connectivity index (χ3v) is 6.24. The molecule has 7 heteroatoms. The molecular weight excluding hydrogens is 492 g/mol. The number of carbonyl (C=O) groups excluding carboxylic acids is 1. The fourth-order valence-electron chi connectivity index (χ4n) is 4.01. The predicted molar refractivity (Wildman–Crippen MR) is 138 cm³/mol. The number of azo groups is 1. The van der Waals surface area contributed by atoms with Crippen LogP contribution in [0, 0.1) is 0 Å². The third kappa shape index (κ3) is 4.30. The Labute approximate surface area is 204 Å². The van der Waals surface area contributed by atoms with Gasteiger partial charge < -0.3 is 15.4 Å². The van der Waals surface area contributed by atoms with E-state index in [2.05, 4.69) is 54.7 Å². The van der Waals surface area contributed by atoms with Gasteiger partial charge >= 0.3 is 0 Å². The summed E-state index contributed by atoms with van der Waals surface area (Å²) in [6.07, 6.45) is 0. The molecule has 1 aromatic heterocycles. The van der Waals surface area contributed by atoms with Crippen LogP contribution in [0.4, 0.5) is 11.4 Å².